The van der Waals surface area contributed by atoms with Gasteiger partial charge in [0.05, 0.1) is 14.2 Å². The Bertz CT molecular complexity index is 583. The number of ketones is 1. The molecular formula is C15H18N2O3. The zero-order valence-corrected chi connectivity index (χ0v) is 11.9. The van der Waals surface area contributed by atoms with Crippen molar-refractivity contribution in [3.63, 3.8) is 0 Å². The average Bonchev–Trinajstić information content (AvgIpc) is 2.94. The number of benzene rings is 1. The first-order valence-corrected chi connectivity index (χ1v) is 6.50. The van der Waals surface area contributed by atoms with Crippen molar-refractivity contribution < 1.29 is 14.3 Å². The zero-order valence-electron chi connectivity index (χ0n) is 11.9. The van der Waals surface area contributed by atoms with Crippen LogP contribution in [0.15, 0.2) is 30.5 Å². The molecule has 0 radical (unpaired) electrons. The van der Waals surface area contributed by atoms with Crippen molar-refractivity contribution in [1.82, 2.24) is 9.78 Å². The second-order valence-electron chi connectivity index (χ2n) is 4.31. The van der Waals surface area contributed by atoms with Crippen LogP contribution in [0, 0.1) is 0 Å². The van der Waals surface area contributed by atoms with Gasteiger partial charge in [-0.05, 0) is 24.6 Å². The van der Waals surface area contributed by atoms with Gasteiger partial charge in [-0.1, -0.05) is 13.0 Å². The SMILES string of the molecule is CCCn1nccc1C(=O)c1c(OC)cccc1OC. The first kappa shape index (κ1) is 14.1. The van der Waals surface area contributed by atoms with Crippen molar-refractivity contribution in [2.75, 3.05) is 14.2 Å². The van der Waals surface area contributed by atoms with Gasteiger partial charge in [-0.25, -0.2) is 0 Å². The largest absolute Gasteiger partial charge is 0.496 e. The molecule has 0 atom stereocenters. The summed E-state index contributed by atoms with van der Waals surface area (Å²) in [5, 5.41) is 4.18. The minimum Gasteiger partial charge on any atom is -0.496 e. The minimum absolute atomic E-state index is 0.148. The van der Waals surface area contributed by atoms with E-state index in [9.17, 15) is 4.79 Å². The van der Waals surface area contributed by atoms with E-state index in [1.54, 1.807) is 35.1 Å². The summed E-state index contributed by atoms with van der Waals surface area (Å²) in [4.78, 5) is 12.7. The summed E-state index contributed by atoms with van der Waals surface area (Å²) in [5.74, 6) is 0.849. The topological polar surface area (TPSA) is 53.4 Å². The summed E-state index contributed by atoms with van der Waals surface area (Å²) >= 11 is 0. The van der Waals surface area contributed by atoms with Crippen LogP contribution >= 0.6 is 0 Å². The summed E-state index contributed by atoms with van der Waals surface area (Å²) in [6.07, 6.45) is 2.54. The third kappa shape index (κ3) is 2.52. The molecule has 1 heterocycles. The zero-order chi connectivity index (χ0) is 14.5. The summed E-state index contributed by atoms with van der Waals surface area (Å²) in [7, 11) is 3.07. The van der Waals surface area contributed by atoms with Crippen molar-refractivity contribution >= 4 is 5.78 Å². The molecule has 5 heteroatoms. The fourth-order valence-corrected chi connectivity index (χ4v) is 2.12. The Balaban J connectivity index is 2.50. The highest BCUT2D eigenvalue weighted by Gasteiger charge is 2.22. The molecule has 0 aliphatic rings. The van der Waals surface area contributed by atoms with Crippen molar-refractivity contribution in [1.29, 1.82) is 0 Å². The molecule has 0 aliphatic heterocycles. The molecule has 0 fully saturated rings. The van der Waals surface area contributed by atoms with Gasteiger partial charge in [-0.15, -0.1) is 0 Å². The highest BCUT2D eigenvalue weighted by molar-refractivity contribution is 6.11. The maximum Gasteiger partial charge on any atom is 0.218 e. The van der Waals surface area contributed by atoms with Gasteiger partial charge in [0, 0.05) is 12.7 Å². The molecule has 2 rings (SSSR count). The summed E-state index contributed by atoms with van der Waals surface area (Å²) in [6, 6.07) is 6.99. The predicted molar refractivity (Wildman–Crippen MR) is 75.5 cm³/mol. The number of hydrogen-bond acceptors (Lipinski definition) is 4. The van der Waals surface area contributed by atoms with Crippen molar-refractivity contribution in [2.24, 2.45) is 0 Å². The molecule has 20 heavy (non-hydrogen) atoms. The monoisotopic (exact) mass is 274 g/mol. The number of ether oxygens (including phenoxy) is 2. The van der Waals surface area contributed by atoms with E-state index < -0.39 is 0 Å². The Morgan fingerprint density at radius 2 is 1.85 bits per heavy atom. The summed E-state index contributed by atoms with van der Waals surface area (Å²) < 4.78 is 12.3. The van der Waals surface area contributed by atoms with Gasteiger partial charge in [0.2, 0.25) is 5.78 Å². The van der Waals surface area contributed by atoms with Crippen LogP contribution in [0.4, 0.5) is 0 Å². The molecular weight excluding hydrogens is 256 g/mol. The number of rotatable bonds is 6. The number of hydrogen-bond donors (Lipinski definition) is 0. The lowest BCUT2D eigenvalue weighted by molar-refractivity contribution is 0.102. The van der Waals surface area contributed by atoms with Crippen molar-refractivity contribution in [3.8, 4) is 11.5 Å². The Morgan fingerprint density at radius 1 is 1.20 bits per heavy atom. The fraction of sp³-hybridized carbons (Fsp3) is 0.333. The maximum absolute atomic E-state index is 12.7. The first-order valence-electron chi connectivity index (χ1n) is 6.50. The normalized spacial score (nSPS) is 10.3. The smallest absolute Gasteiger partial charge is 0.218 e. The standard InChI is InChI=1S/C15H18N2O3/c1-4-10-17-11(8-9-16-17)15(18)14-12(19-2)6-5-7-13(14)20-3/h5-9H,4,10H2,1-3H3. The molecule has 0 unspecified atom stereocenters. The van der Waals surface area contributed by atoms with Crippen LogP contribution in [-0.2, 0) is 6.54 Å². The van der Waals surface area contributed by atoms with Crippen LogP contribution in [0.25, 0.3) is 0 Å². The molecule has 0 bridgehead atoms. The summed E-state index contributed by atoms with van der Waals surface area (Å²) in [5.41, 5.74) is 0.963. The highest BCUT2D eigenvalue weighted by atomic mass is 16.5. The molecule has 0 spiro atoms. The molecule has 0 amide bonds. The highest BCUT2D eigenvalue weighted by Crippen LogP contribution is 2.30. The molecule has 0 saturated heterocycles. The Kier molecular flexibility index (Phi) is 4.40. The second kappa shape index (κ2) is 6.23. The van der Waals surface area contributed by atoms with Crippen LogP contribution < -0.4 is 9.47 Å². The number of carbonyl (C=O) groups excluding carboxylic acids is 1. The van der Waals surface area contributed by atoms with Crippen molar-refractivity contribution in [2.45, 2.75) is 19.9 Å². The number of aromatic nitrogens is 2. The van der Waals surface area contributed by atoms with E-state index in [2.05, 4.69) is 5.10 Å². The van der Waals surface area contributed by atoms with Gasteiger partial charge in [-0.3, -0.25) is 9.48 Å². The van der Waals surface area contributed by atoms with E-state index in [-0.39, 0.29) is 5.78 Å². The molecule has 106 valence electrons. The van der Waals surface area contributed by atoms with Crippen LogP contribution in [0.3, 0.4) is 0 Å². The maximum atomic E-state index is 12.7. The second-order valence-corrected chi connectivity index (χ2v) is 4.31. The Labute approximate surface area is 118 Å². The minimum atomic E-state index is -0.148. The van der Waals surface area contributed by atoms with E-state index in [1.807, 2.05) is 6.92 Å². The number of methoxy groups -OCH3 is 2. The van der Waals surface area contributed by atoms with E-state index in [4.69, 9.17) is 9.47 Å². The van der Waals surface area contributed by atoms with Crippen molar-refractivity contribution in [3.05, 3.63) is 41.7 Å². The number of aryl methyl sites for hydroxylation is 1. The van der Waals surface area contributed by atoms with E-state index in [1.165, 1.54) is 14.2 Å². The number of carbonyl (C=O) groups is 1. The lowest BCUT2D eigenvalue weighted by atomic mass is 10.1. The first-order chi connectivity index (χ1) is 9.72. The van der Waals surface area contributed by atoms with Gasteiger partial charge in [-0.2, -0.15) is 5.10 Å². The molecule has 0 saturated carbocycles. The van der Waals surface area contributed by atoms with Gasteiger partial charge in [0.25, 0.3) is 0 Å². The molecule has 0 aliphatic carbocycles. The van der Waals surface area contributed by atoms with Gasteiger partial charge in [0.1, 0.15) is 22.8 Å². The average molecular weight is 274 g/mol. The molecule has 2 aromatic rings. The predicted octanol–water partition coefficient (Wildman–Crippen LogP) is 2.54. The fourth-order valence-electron chi connectivity index (χ4n) is 2.12. The third-order valence-corrected chi connectivity index (χ3v) is 3.04. The molecule has 0 N–H and O–H groups in total. The van der Waals surface area contributed by atoms with Crippen LogP contribution in [0.5, 0.6) is 11.5 Å². The van der Waals surface area contributed by atoms with Crippen LogP contribution in [-0.4, -0.2) is 29.8 Å². The Hall–Kier alpha value is -2.30. The van der Waals surface area contributed by atoms with E-state index in [0.717, 1.165) is 6.42 Å². The van der Waals surface area contributed by atoms with Crippen LogP contribution in [0.2, 0.25) is 0 Å². The lowest BCUT2D eigenvalue weighted by Gasteiger charge is -2.12. The van der Waals surface area contributed by atoms with E-state index in [0.29, 0.717) is 29.3 Å². The van der Waals surface area contributed by atoms with Crippen LogP contribution in [0.1, 0.15) is 29.4 Å². The molecule has 5 nitrogen and oxygen atoms in total. The van der Waals surface area contributed by atoms with Gasteiger partial charge >= 0.3 is 0 Å². The van der Waals surface area contributed by atoms with Gasteiger partial charge < -0.3 is 9.47 Å². The lowest BCUT2D eigenvalue weighted by Crippen LogP contribution is -2.13. The quantitative estimate of drug-likeness (QED) is 0.760. The molecule has 1 aromatic heterocycles. The number of nitrogens with zero attached hydrogens (tertiary/aromatic N) is 2. The third-order valence-electron chi connectivity index (χ3n) is 3.04. The summed E-state index contributed by atoms with van der Waals surface area (Å²) in [6.45, 7) is 2.74. The molecule has 1 aromatic carbocycles. The Morgan fingerprint density at radius 3 is 2.40 bits per heavy atom. The van der Waals surface area contributed by atoms with Gasteiger partial charge in [0.15, 0.2) is 0 Å². The van der Waals surface area contributed by atoms with E-state index >= 15 is 0 Å².